The average Bonchev–Trinajstić information content (AvgIpc) is 2.82. The molecule has 1 unspecified atom stereocenters. The Morgan fingerprint density at radius 1 is 1.47 bits per heavy atom. The number of urea groups is 1. The Balaban J connectivity index is 1.99. The van der Waals surface area contributed by atoms with Gasteiger partial charge in [-0.2, -0.15) is 0 Å². The van der Waals surface area contributed by atoms with Crippen molar-refractivity contribution in [3.8, 4) is 0 Å². The summed E-state index contributed by atoms with van der Waals surface area (Å²) in [6, 6.07) is 7.61. The maximum atomic E-state index is 11.0. The molecule has 4 heteroatoms. The molecule has 1 aliphatic rings. The van der Waals surface area contributed by atoms with Gasteiger partial charge in [0.15, 0.2) is 0 Å². The van der Waals surface area contributed by atoms with Crippen LogP contribution < -0.4 is 16.0 Å². The monoisotopic (exact) mass is 233 g/mol. The van der Waals surface area contributed by atoms with Gasteiger partial charge < -0.3 is 11.1 Å². The predicted molar refractivity (Wildman–Crippen MR) is 69.1 cm³/mol. The lowest BCUT2D eigenvalue weighted by atomic mass is 9.98. The number of primary amides is 1. The Morgan fingerprint density at radius 2 is 2.18 bits per heavy atom. The summed E-state index contributed by atoms with van der Waals surface area (Å²) in [5, 5.41) is 3.37. The highest BCUT2D eigenvalue weighted by Crippen LogP contribution is 2.18. The Kier molecular flexibility index (Phi) is 3.64. The Hall–Kier alpha value is -1.55. The molecule has 0 radical (unpaired) electrons. The molecule has 0 spiro atoms. The number of carbonyl (C=O) groups is 1. The molecule has 1 aromatic rings. The molecule has 0 saturated carbocycles. The van der Waals surface area contributed by atoms with E-state index < -0.39 is 6.03 Å². The molecule has 0 bridgehead atoms. The van der Waals surface area contributed by atoms with Crippen LogP contribution in [0, 0.1) is 5.92 Å². The topological polar surface area (TPSA) is 58.4 Å². The minimum Gasteiger partial charge on any atom is -0.351 e. The second-order valence-corrected chi connectivity index (χ2v) is 4.63. The molecule has 0 aliphatic carbocycles. The summed E-state index contributed by atoms with van der Waals surface area (Å²) in [5.41, 5.74) is 7.38. The standard InChI is InChI=1S/C13H19N3O/c1-16(13(14)17)12-4-2-10(3-5-12)8-11-6-7-15-9-11/h2-5,11,15H,6-9H2,1H3,(H2,14,17). The van der Waals surface area contributed by atoms with Crippen LogP contribution in [0.3, 0.4) is 0 Å². The first-order valence-electron chi connectivity index (χ1n) is 5.99. The first kappa shape index (κ1) is 11.9. The van der Waals surface area contributed by atoms with Crippen LogP contribution >= 0.6 is 0 Å². The van der Waals surface area contributed by atoms with Crippen molar-refractivity contribution in [3.05, 3.63) is 29.8 Å². The Morgan fingerprint density at radius 3 is 2.71 bits per heavy atom. The second kappa shape index (κ2) is 5.19. The largest absolute Gasteiger partial charge is 0.351 e. The van der Waals surface area contributed by atoms with Crippen LogP contribution in [0.25, 0.3) is 0 Å². The van der Waals surface area contributed by atoms with Gasteiger partial charge in [0.05, 0.1) is 0 Å². The number of hydrogen-bond acceptors (Lipinski definition) is 2. The first-order chi connectivity index (χ1) is 8.16. The van der Waals surface area contributed by atoms with E-state index in [1.807, 2.05) is 12.1 Å². The highest BCUT2D eigenvalue weighted by Gasteiger charge is 2.14. The summed E-state index contributed by atoms with van der Waals surface area (Å²) in [7, 11) is 1.68. The molecular formula is C13H19N3O. The van der Waals surface area contributed by atoms with Gasteiger partial charge in [0, 0.05) is 12.7 Å². The lowest BCUT2D eigenvalue weighted by Crippen LogP contribution is -2.31. The number of nitrogens with zero attached hydrogens (tertiary/aromatic N) is 1. The summed E-state index contributed by atoms with van der Waals surface area (Å²) in [6.07, 6.45) is 2.36. The maximum absolute atomic E-state index is 11.0. The summed E-state index contributed by atoms with van der Waals surface area (Å²) in [4.78, 5) is 12.4. The lowest BCUT2D eigenvalue weighted by molar-refractivity contribution is 0.255. The first-order valence-corrected chi connectivity index (χ1v) is 5.99. The van der Waals surface area contributed by atoms with Crippen LogP contribution in [0.1, 0.15) is 12.0 Å². The second-order valence-electron chi connectivity index (χ2n) is 4.63. The van der Waals surface area contributed by atoms with Crippen LogP contribution in [0.15, 0.2) is 24.3 Å². The highest BCUT2D eigenvalue weighted by atomic mass is 16.2. The summed E-state index contributed by atoms with van der Waals surface area (Å²) < 4.78 is 0. The quantitative estimate of drug-likeness (QED) is 0.828. The van der Waals surface area contributed by atoms with Gasteiger partial charge in [-0.05, 0) is 49.5 Å². The van der Waals surface area contributed by atoms with Crippen LogP contribution in [0.2, 0.25) is 0 Å². The molecule has 3 N–H and O–H groups in total. The fourth-order valence-electron chi connectivity index (χ4n) is 2.20. The third kappa shape index (κ3) is 2.97. The van der Waals surface area contributed by atoms with Crippen molar-refractivity contribution in [1.29, 1.82) is 0 Å². The van der Waals surface area contributed by atoms with E-state index in [1.165, 1.54) is 16.9 Å². The smallest absolute Gasteiger partial charge is 0.318 e. The maximum Gasteiger partial charge on any atom is 0.318 e. The van der Waals surface area contributed by atoms with Crippen LogP contribution in [-0.2, 0) is 6.42 Å². The Bertz CT molecular complexity index is 382. The van der Waals surface area contributed by atoms with Crippen molar-refractivity contribution < 1.29 is 4.79 Å². The molecule has 1 atom stereocenters. The minimum absolute atomic E-state index is 0.433. The molecule has 92 valence electrons. The third-order valence-electron chi connectivity index (χ3n) is 3.34. The molecule has 1 heterocycles. The van der Waals surface area contributed by atoms with E-state index in [9.17, 15) is 4.79 Å². The Labute approximate surface area is 102 Å². The molecule has 4 nitrogen and oxygen atoms in total. The predicted octanol–water partition coefficient (Wildman–Crippen LogP) is 1.35. The van der Waals surface area contributed by atoms with E-state index in [1.54, 1.807) is 7.05 Å². The van der Waals surface area contributed by atoms with Gasteiger partial charge in [-0.15, -0.1) is 0 Å². The molecule has 17 heavy (non-hydrogen) atoms. The van der Waals surface area contributed by atoms with Crippen molar-refractivity contribution in [3.63, 3.8) is 0 Å². The van der Waals surface area contributed by atoms with Crippen LogP contribution in [0.5, 0.6) is 0 Å². The number of nitrogens with one attached hydrogen (secondary N) is 1. The van der Waals surface area contributed by atoms with Gasteiger partial charge in [0.2, 0.25) is 0 Å². The average molecular weight is 233 g/mol. The number of benzene rings is 1. The normalized spacial score (nSPS) is 19.2. The van der Waals surface area contributed by atoms with Crippen molar-refractivity contribution in [1.82, 2.24) is 5.32 Å². The van der Waals surface area contributed by atoms with E-state index in [4.69, 9.17) is 5.73 Å². The van der Waals surface area contributed by atoms with Crippen molar-refractivity contribution in [2.75, 3.05) is 25.0 Å². The van der Waals surface area contributed by atoms with Gasteiger partial charge in [-0.25, -0.2) is 4.79 Å². The molecule has 1 aliphatic heterocycles. The zero-order valence-electron chi connectivity index (χ0n) is 10.1. The summed E-state index contributed by atoms with van der Waals surface area (Å²) in [5.74, 6) is 0.745. The molecule has 2 rings (SSSR count). The summed E-state index contributed by atoms with van der Waals surface area (Å²) >= 11 is 0. The van der Waals surface area contributed by atoms with Gasteiger partial charge in [-0.1, -0.05) is 12.1 Å². The van der Waals surface area contributed by atoms with Crippen molar-refractivity contribution in [2.24, 2.45) is 11.7 Å². The highest BCUT2D eigenvalue weighted by molar-refractivity contribution is 5.89. The third-order valence-corrected chi connectivity index (χ3v) is 3.34. The number of anilines is 1. The molecule has 2 amide bonds. The van der Waals surface area contributed by atoms with Crippen LogP contribution in [-0.4, -0.2) is 26.2 Å². The van der Waals surface area contributed by atoms with Gasteiger partial charge in [0.1, 0.15) is 0 Å². The zero-order valence-corrected chi connectivity index (χ0v) is 10.1. The van der Waals surface area contributed by atoms with Crippen molar-refractivity contribution >= 4 is 11.7 Å². The minimum atomic E-state index is -0.433. The van der Waals surface area contributed by atoms with Gasteiger partial charge >= 0.3 is 6.03 Å². The lowest BCUT2D eigenvalue weighted by Gasteiger charge is -2.15. The molecule has 1 aromatic carbocycles. The molecule has 0 aromatic heterocycles. The fraction of sp³-hybridized carbons (Fsp3) is 0.462. The van der Waals surface area contributed by atoms with Gasteiger partial charge in [0.25, 0.3) is 0 Å². The van der Waals surface area contributed by atoms with Crippen LogP contribution in [0.4, 0.5) is 10.5 Å². The number of amides is 2. The van der Waals surface area contributed by atoms with E-state index in [0.29, 0.717) is 0 Å². The zero-order chi connectivity index (χ0) is 12.3. The summed E-state index contributed by atoms with van der Waals surface area (Å²) in [6.45, 7) is 2.25. The molecule has 1 saturated heterocycles. The van der Waals surface area contributed by atoms with E-state index in [2.05, 4.69) is 17.4 Å². The number of carbonyl (C=O) groups excluding carboxylic acids is 1. The molecule has 1 fully saturated rings. The number of nitrogens with two attached hydrogens (primary N) is 1. The fourth-order valence-corrected chi connectivity index (χ4v) is 2.20. The van der Waals surface area contributed by atoms with Gasteiger partial charge in [-0.3, -0.25) is 4.90 Å². The SMILES string of the molecule is CN(C(N)=O)c1ccc(CC2CCNC2)cc1. The number of hydrogen-bond donors (Lipinski definition) is 2. The number of rotatable bonds is 3. The van der Waals surface area contributed by atoms with Crippen molar-refractivity contribution in [2.45, 2.75) is 12.8 Å². The van der Waals surface area contributed by atoms with E-state index >= 15 is 0 Å². The molecular weight excluding hydrogens is 214 g/mol. The van der Waals surface area contributed by atoms with E-state index in [-0.39, 0.29) is 0 Å². The van der Waals surface area contributed by atoms with E-state index in [0.717, 1.165) is 31.1 Å².